The fourth-order valence-corrected chi connectivity index (χ4v) is 2.20. The number of carbonyl (C=O) groups is 1. The largest absolute Gasteiger partial charge is 0.459 e. The van der Waals surface area contributed by atoms with Crippen LogP contribution in [0.5, 0.6) is 0 Å². The van der Waals surface area contributed by atoms with Gasteiger partial charge in [-0.15, -0.1) is 0 Å². The lowest BCUT2D eigenvalue weighted by Crippen LogP contribution is -2.32. The summed E-state index contributed by atoms with van der Waals surface area (Å²) in [6.45, 7) is 1.39. The Morgan fingerprint density at radius 1 is 1.22 bits per heavy atom. The molecule has 0 amide bonds. The summed E-state index contributed by atoms with van der Waals surface area (Å²) in [6.07, 6.45) is 3.92. The molecule has 0 heterocycles. The summed E-state index contributed by atoms with van der Waals surface area (Å²) in [5.74, 6) is -0.673. The first-order chi connectivity index (χ1) is 13.0. The van der Waals surface area contributed by atoms with Crippen molar-refractivity contribution in [2.45, 2.75) is 25.7 Å². The molecule has 140 valence electrons. The third-order valence-electron chi connectivity index (χ3n) is 3.65. The Hall–Kier alpha value is -3.32. The van der Waals surface area contributed by atoms with Crippen LogP contribution >= 0.6 is 0 Å². The number of ether oxygens (including phenoxy) is 1. The van der Waals surface area contributed by atoms with Gasteiger partial charge in [-0.2, -0.15) is 0 Å². The lowest BCUT2D eigenvalue weighted by Gasteiger charge is -2.14. The van der Waals surface area contributed by atoms with E-state index in [1.807, 2.05) is 36.4 Å². The van der Waals surface area contributed by atoms with Gasteiger partial charge >= 0.3 is 5.97 Å². The minimum absolute atomic E-state index is 0.0401. The van der Waals surface area contributed by atoms with E-state index < -0.39 is 23.0 Å². The molecule has 0 aliphatic carbocycles. The molecule has 0 bridgehead atoms. The van der Waals surface area contributed by atoms with Crippen molar-refractivity contribution in [2.24, 2.45) is 4.99 Å². The number of allylic oxidation sites excluding steroid dienone is 1. The van der Waals surface area contributed by atoms with E-state index in [2.05, 4.69) is 4.99 Å². The number of benzene rings is 2. The number of aliphatic imine (C=N–C) groups is 1. The number of non-ortho nitro benzene ring substituents is 1. The number of aliphatic hydroxyl groups is 1. The maximum atomic E-state index is 12.2. The van der Waals surface area contributed by atoms with Crippen LogP contribution < -0.4 is 0 Å². The molecule has 0 aromatic heterocycles. The summed E-state index contributed by atoms with van der Waals surface area (Å²) in [6, 6.07) is 14.2. The minimum atomic E-state index is -1.05. The van der Waals surface area contributed by atoms with Crippen LogP contribution in [-0.2, 0) is 16.1 Å². The molecule has 2 aromatic carbocycles. The predicted octanol–water partition coefficient (Wildman–Crippen LogP) is 3.17. The van der Waals surface area contributed by atoms with Gasteiger partial charge < -0.3 is 9.84 Å². The Morgan fingerprint density at radius 3 is 2.48 bits per heavy atom. The summed E-state index contributed by atoms with van der Waals surface area (Å²) < 4.78 is 5.16. The first-order valence-electron chi connectivity index (χ1n) is 8.30. The topological polar surface area (TPSA) is 102 Å². The van der Waals surface area contributed by atoms with Crippen LogP contribution in [0.3, 0.4) is 0 Å². The van der Waals surface area contributed by atoms with Crippen molar-refractivity contribution in [3.63, 3.8) is 0 Å². The molecule has 2 rings (SSSR count). The van der Waals surface area contributed by atoms with Crippen LogP contribution in [-0.4, -0.2) is 34.4 Å². The van der Waals surface area contributed by atoms with Crippen LogP contribution in [0.1, 0.15) is 18.1 Å². The van der Waals surface area contributed by atoms with Gasteiger partial charge in [-0.05, 0) is 36.3 Å². The lowest BCUT2D eigenvalue weighted by molar-refractivity contribution is -0.384. The molecule has 7 heteroatoms. The number of nitrogens with zero attached hydrogens (tertiary/aromatic N) is 2. The molecule has 27 heavy (non-hydrogen) atoms. The number of esters is 1. The SMILES string of the molecule is CC(O)C(N=C/C=C/c1ccccc1)C(=O)OCc1ccc([N+](=O)[O-])cc1. The Morgan fingerprint density at radius 2 is 1.89 bits per heavy atom. The van der Waals surface area contributed by atoms with E-state index in [0.717, 1.165) is 5.56 Å². The lowest BCUT2D eigenvalue weighted by atomic mass is 10.2. The van der Waals surface area contributed by atoms with Gasteiger partial charge in [0.25, 0.3) is 5.69 Å². The van der Waals surface area contributed by atoms with E-state index in [1.54, 1.807) is 6.08 Å². The van der Waals surface area contributed by atoms with Crippen molar-refractivity contribution < 1.29 is 19.6 Å². The summed E-state index contributed by atoms with van der Waals surface area (Å²) in [7, 11) is 0. The smallest absolute Gasteiger partial charge is 0.333 e. The summed E-state index contributed by atoms with van der Waals surface area (Å²) in [5, 5.41) is 20.4. The molecule has 1 N–H and O–H groups in total. The number of aliphatic hydroxyl groups excluding tert-OH is 1. The number of rotatable bonds is 8. The van der Waals surface area contributed by atoms with Crippen LogP contribution in [0.2, 0.25) is 0 Å². The number of hydrogen-bond acceptors (Lipinski definition) is 6. The summed E-state index contributed by atoms with van der Waals surface area (Å²) in [5.41, 5.74) is 1.55. The van der Waals surface area contributed by atoms with Crippen molar-refractivity contribution >= 4 is 23.9 Å². The highest BCUT2D eigenvalue weighted by Gasteiger charge is 2.23. The molecule has 0 aliphatic rings. The fraction of sp³-hybridized carbons (Fsp3) is 0.200. The molecule has 0 aliphatic heterocycles. The van der Waals surface area contributed by atoms with E-state index in [4.69, 9.17) is 4.74 Å². The zero-order valence-electron chi connectivity index (χ0n) is 14.8. The molecule has 0 spiro atoms. The van der Waals surface area contributed by atoms with Gasteiger partial charge in [0.2, 0.25) is 0 Å². The second-order valence-electron chi connectivity index (χ2n) is 5.78. The van der Waals surface area contributed by atoms with Gasteiger partial charge in [0.05, 0.1) is 11.0 Å². The average molecular weight is 368 g/mol. The Bertz CT molecular complexity index is 814. The highest BCUT2D eigenvalue weighted by Crippen LogP contribution is 2.13. The Balaban J connectivity index is 1.93. The molecule has 2 aromatic rings. The molecule has 0 radical (unpaired) electrons. The first kappa shape index (κ1) is 20.0. The van der Waals surface area contributed by atoms with Crippen LogP contribution in [0, 0.1) is 10.1 Å². The average Bonchev–Trinajstić information content (AvgIpc) is 2.67. The van der Waals surface area contributed by atoms with E-state index in [9.17, 15) is 20.0 Å². The molecule has 7 nitrogen and oxygen atoms in total. The molecule has 0 saturated heterocycles. The van der Waals surface area contributed by atoms with Crippen LogP contribution in [0.15, 0.2) is 65.7 Å². The van der Waals surface area contributed by atoms with Crippen LogP contribution in [0.25, 0.3) is 6.08 Å². The van der Waals surface area contributed by atoms with Gasteiger partial charge in [-0.3, -0.25) is 15.1 Å². The zero-order valence-corrected chi connectivity index (χ0v) is 14.8. The van der Waals surface area contributed by atoms with E-state index in [1.165, 1.54) is 37.4 Å². The third kappa shape index (κ3) is 6.48. The second kappa shape index (κ2) is 9.98. The van der Waals surface area contributed by atoms with Crippen molar-refractivity contribution in [1.82, 2.24) is 0 Å². The number of hydrogen-bond donors (Lipinski definition) is 1. The Labute approximate surface area is 156 Å². The molecular formula is C20H20N2O5. The first-order valence-corrected chi connectivity index (χ1v) is 8.30. The van der Waals surface area contributed by atoms with Crippen molar-refractivity contribution in [3.8, 4) is 0 Å². The highest BCUT2D eigenvalue weighted by atomic mass is 16.6. The normalized spacial score (nSPS) is 13.6. The summed E-state index contributed by atoms with van der Waals surface area (Å²) >= 11 is 0. The fourth-order valence-electron chi connectivity index (χ4n) is 2.20. The predicted molar refractivity (Wildman–Crippen MR) is 102 cm³/mol. The quantitative estimate of drug-likeness (QED) is 0.334. The summed E-state index contributed by atoms with van der Waals surface area (Å²) in [4.78, 5) is 26.4. The van der Waals surface area contributed by atoms with E-state index in [-0.39, 0.29) is 12.3 Å². The zero-order chi connectivity index (χ0) is 19.6. The third-order valence-corrected chi connectivity index (χ3v) is 3.65. The molecular weight excluding hydrogens is 348 g/mol. The van der Waals surface area contributed by atoms with Gasteiger partial charge in [-0.1, -0.05) is 36.4 Å². The minimum Gasteiger partial charge on any atom is -0.459 e. The highest BCUT2D eigenvalue weighted by molar-refractivity contribution is 5.83. The van der Waals surface area contributed by atoms with Gasteiger partial charge in [0.15, 0.2) is 6.04 Å². The standard InChI is InChI=1S/C20H20N2O5/c1-15(23)19(21-13-5-8-16-6-3-2-4-7-16)20(24)27-14-17-9-11-18(12-10-17)22(25)26/h2-13,15,19,23H,14H2,1H3/b8-5+,21-13?. The van der Waals surface area contributed by atoms with Gasteiger partial charge in [0, 0.05) is 18.3 Å². The molecule has 0 saturated carbocycles. The van der Waals surface area contributed by atoms with E-state index >= 15 is 0 Å². The van der Waals surface area contributed by atoms with Crippen LogP contribution in [0.4, 0.5) is 5.69 Å². The van der Waals surface area contributed by atoms with Gasteiger partial charge in [-0.25, -0.2) is 4.79 Å². The van der Waals surface area contributed by atoms with Crippen molar-refractivity contribution in [3.05, 3.63) is 81.9 Å². The second-order valence-corrected chi connectivity index (χ2v) is 5.78. The van der Waals surface area contributed by atoms with Gasteiger partial charge in [0.1, 0.15) is 6.61 Å². The van der Waals surface area contributed by atoms with Crippen molar-refractivity contribution in [2.75, 3.05) is 0 Å². The van der Waals surface area contributed by atoms with Crippen molar-refractivity contribution in [1.29, 1.82) is 0 Å². The number of nitro benzene ring substituents is 1. The maximum Gasteiger partial charge on any atom is 0.333 e. The number of nitro groups is 1. The Kier molecular flexibility index (Phi) is 7.39. The van der Waals surface area contributed by atoms with E-state index in [0.29, 0.717) is 5.56 Å². The monoisotopic (exact) mass is 368 g/mol. The number of carbonyl (C=O) groups excluding carboxylic acids is 1. The molecule has 2 unspecified atom stereocenters. The molecule has 2 atom stereocenters. The molecule has 0 fully saturated rings. The maximum absolute atomic E-state index is 12.2.